The van der Waals surface area contributed by atoms with Crippen LogP contribution in [0.5, 0.6) is 5.75 Å². The minimum atomic E-state index is -1.22. The van der Waals surface area contributed by atoms with Gasteiger partial charge in [0, 0.05) is 11.8 Å². The van der Waals surface area contributed by atoms with E-state index in [1.807, 2.05) is 0 Å². The molecule has 1 amide bonds. The van der Waals surface area contributed by atoms with Crippen LogP contribution < -0.4 is 15.6 Å². The fourth-order valence-electron chi connectivity index (χ4n) is 2.31. The van der Waals surface area contributed by atoms with Gasteiger partial charge in [-0.25, -0.2) is 19.6 Å². The molecule has 10 nitrogen and oxygen atoms in total. The number of carbonyl (C=O) groups excluding carboxylic acids is 1. The van der Waals surface area contributed by atoms with Crippen LogP contribution in [0.25, 0.3) is 11.5 Å². The van der Waals surface area contributed by atoms with Crippen molar-refractivity contribution in [2.45, 2.75) is 26.4 Å². The van der Waals surface area contributed by atoms with Gasteiger partial charge in [0.2, 0.25) is 5.89 Å². The first kappa shape index (κ1) is 20.6. The number of para-hydroxylation sites is 2. The lowest BCUT2D eigenvalue weighted by Crippen LogP contribution is -2.39. The Labute approximate surface area is 171 Å². The fraction of sp³-hybridized carbons (Fsp3) is 0.200. The predicted molar refractivity (Wildman–Crippen MR) is 107 cm³/mol. The van der Waals surface area contributed by atoms with Gasteiger partial charge in [0.15, 0.2) is 17.3 Å². The highest BCUT2D eigenvalue weighted by atomic mass is 16.7. The van der Waals surface area contributed by atoms with Crippen molar-refractivity contribution in [2.75, 3.05) is 10.8 Å². The van der Waals surface area contributed by atoms with Gasteiger partial charge < -0.3 is 24.8 Å². The van der Waals surface area contributed by atoms with Gasteiger partial charge in [0.05, 0.1) is 5.69 Å². The Bertz CT molecular complexity index is 1070. The number of nitrogen functional groups attached to an aromatic ring is 1. The molecule has 3 aromatic rings. The summed E-state index contributed by atoms with van der Waals surface area (Å²) >= 11 is 0. The average Bonchev–Trinajstić information content (AvgIpc) is 3.16. The first-order chi connectivity index (χ1) is 14.1. The van der Waals surface area contributed by atoms with Gasteiger partial charge in [-0.1, -0.05) is 17.2 Å². The number of carboxylic acids is 1. The summed E-state index contributed by atoms with van der Waals surface area (Å²) in [5.41, 5.74) is 5.56. The van der Waals surface area contributed by atoms with Crippen molar-refractivity contribution in [1.82, 2.24) is 9.97 Å². The first-order valence-corrected chi connectivity index (χ1v) is 8.85. The minimum absolute atomic E-state index is 0.0411. The number of aromatic nitrogens is 2. The van der Waals surface area contributed by atoms with Crippen LogP contribution in [0, 0.1) is 0 Å². The molecule has 3 N–H and O–H groups in total. The minimum Gasteiger partial charge on any atom is -0.476 e. The molecule has 1 aromatic carbocycles. The summed E-state index contributed by atoms with van der Waals surface area (Å²) < 4.78 is 10.6. The van der Waals surface area contributed by atoms with E-state index in [1.165, 1.54) is 12.3 Å². The molecule has 0 saturated heterocycles. The lowest BCUT2D eigenvalue weighted by atomic mass is 10.2. The number of nitrogens with zero attached hydrogens (tertiary/aromatic N) is 3. The van der Waals surface area contributed by atoms with Crippen molar-refractivity contribution in [1.29, 1.82) is 0 Å². The van der Waals surface area contributed by atoms with Gasteiger partial charge in [-0.2, -0.15) is 0 Å². The van der Waals surface area contributed by atoms with Crippen LogP contribution >= 0.6 is 0 Å². The molecule has 156 valence electrons. The number of hydrogen-bond donors (Lipinski definition) is 2. The lowest BCUT2D eigenvalue weighted by molar-refractivity contribution is 0.0436. The van der Waals surface area contributed by atoms with Gasteiger partial charge in [-0.3, -0.25) is 0 Å². The number of ether oxygens (including phenoxy) is 1. The summed E-state index contributed by atoms with van der Waals surface area (Å²) in [6, 6.07) is 9.62. The molecule has 0 radical (unpaired) electrons. The quantitative estimate of drug-likeness (QED) is 0.473. The number of pyridine rings is 1. The van der Waals surface area contributed by atoms with Gasteiger partial charge >= 0.3 is 12.1 Å². The Hall–Kier alpha value is -4.08. The molecule has 0 atom stereocenters. The number of oxazole rings is 1. The SMILES string of the molecule is CC(C)(C)OC(=O)N(Oc1ccccc1N)c1cc(-c2nc(C(=O)O)co2)ccn1. The van der Waals surface area contributed by atoms with E-state index < -0.39 is 17.7 Å². The second kappa shape index (κ2) is 8.11. The monoisotopic (exact) mass is 412 g/mol. The van der Waals surface area contributed by atoms with E-state index >= 15 is 0 Å². The van der Waals surface area contributed by atoms with Crippen LogP contribution in [0.4, 0.5) is 16.3 Å². The zero-order valence-corrected chi connectivity index (χ0v) is 16.5. The lowest BCUT2D eigenvalue weighted by Gasteiger charge is -2.26. The highest BCUT2D eigenvalue weighted by Crippen LogP contribution is 2.27. The molecule has 0 fully saturated rings. The van der Waals surface area contributed by atoms with E-state index in [-0.39, 0.29) is 23.2 Å². The van der Waals surface area contributed by atoms with Crippen LogP contribution in [-0.4, -0.2) is 32.7 Å². The smallest absolute Gasteiger partial charge is 0.450 e. The molecular weight excluding hydrogens is 392 g/mol. The van der Waals surface area contributed by atoms with Crippen LogP contribution in [-0.2, 0) is 4.74 Å². The highest BCUT2D eigenvalue weighted by Gasteiger charge is 2.28. The Balaban J connectivity index is 1.99. The molecule has 0 saturated carbocycles. The van der Waals surface area contributed by atoms with E-state index in [1.54, 1.807) is 51.1 Å². The van der Waals surface area contributed by atoms with Crippen molar-refractivity contribution in [3.8, 4) is 17.2 Å². The molecule has 0 aliphatic rings. The van der Waals surface area contributed by atoms with Gasteiger partial charge in [-0.05, 0) is 45.0 Å². The van der Waals surface area contributed by atoms with Crippen molar-refractivity contribution in [3.05, 3.63) is 54.6 Å². The normalized spacial score (nSPS) is 11.0. The van der Waals surface area contributed by atoms with Crippen LogP contribution in [0.15, 0.2) is 53.3 Å². The maximum absolute atomic E-state index is 12.8. The van der Waals surface area contributed by atoms with Gasteiger partial charge in [-0.15, -0.1) is 0 Å². The van der Waals surface area contributed by atoms with Crippen LogP contribution in [0.3, 0.4) is 0 Å². The Kier molecular flexibility index (Phi) is 5.58. The van der Waals surface area contributed by atoms with Crippen molar-refractivity contribution in [3.63, 3.8) is 0 Å². The zero-order valence-electron chi connectivity index (χ0n) is 16.5. The molecule has 2 heterocycles. The summed E-state index contributed by atoms with van der Waals surface area (Å²) in [5.74, 6) is -0.906. The van der Waals surface area contributed by atoms with Gasteiger partial charge in [0.25, 0.3) is 0 Å². The van der Waals surface area contributed by atoms with E-state index in [9.17, 15) is 9.59 Å². The second-order valence-electron chi connectivity index (χ2n) is 7.15. The third kappa shape index (κ3) is 4.85. The summed E-state index contributed by atoms with van der Waals surface area (Å²) in [4.78, 5) is 37.6. The molecule has 30 heavy (non-hydrogen) atoms. The molecule has 0 spiro atoms. The third-order valence-electron chi connectivity index (χ3n) is 3.59. The Morgan fingerprint density at radius 3 is 2.57 bits per heavy atom. The molecule has 0 aliphatic heterocycles. The van der Waals surface area contributed by atoms with E-state index in [0.29, 0.717) is 11.3 Å². The largest absolute Gasteiger partial charge is 0.476 e. The number of hydroxylamine groups is 1. The predicted octanol–water partition coefficient (Wildman–Crippen LogP) is 3.75. The topological polar surface area (TPSA) is 141 Å². The van der Waals surface area contributed by atoms with Crippen molar-refractivity contribution < 1.29 is 28.7 Å². The number of aromatic carboxylic acids is 1. The zero-order chi connectivity index (χ0) is 21.9. The molecule has 0 unspecified atom stereocenters. The Morgan fingerprint density at radius 1 is 1.20 bits per heavy atom. The fourth-order valence-corrected chi connectivity index (χ4v) is 2.31. The average molecular weight is 412 g/mol. The molecule has 0 aliphatic carbocycles. The number of carboxylic acid groups (broad SMARTS) is 1. The summed E-state index contributed by atoms with van der Waals surface area (Å²) in [6.07, 6.45) is 1.59. The molecule has 2 aromatic heterocycles. The number of amides is 1. The van der Waals surface area contributed by atoms with Gasteiger partial charge in [0.1, 0.15) is 11.9 Å². The number of nitrogens with two attached hydrogens (primary N) is 1. The van der Waals surface area contributed by atoms with Crippen LogP contribution in [0.1, 0.15) is 31.3 Å². The number of anilines is 2. The highest BCUT2D eigenvalue weighted by molar-refractivity contribution is 5.87. The van der Waals surface area contributed by atoms with Crippen molar-refractivity contribution >= 4 is 23.6 Å². The number of carbonyl (C=O) groups is 2. The molecule has 10 heteroatoms. The maximum Gasteiger partial charge on any atom is 0.450 e. The molecular formula is C20H20N4O6. The van der Waals surface area contributed by atoms with Crippen molar-refractivity contribution in [2.24, 2.45) is 0 Å². The maximum atomic E-state index is 12.8. The molecule has 0 bridgehead atoms. The van der Waals surface area contributed by atoms with E-state index in [0.717, 1.165) is 11.3 Å². The van der Waals surface area contributed by atoms with E-state index in [2.05, 4.69) is 9.97 Å². The third-order valence-corrected chi connectivity index (χ3v) is 3.59. The summed E-state index contributed by atoms with van der Waals surface area (Å²) in [6.45, 7) is 5.14. The number of benzene rings is 1. The molecule has 3 rings (SSSR count). The Morgan fingerprint density at radius 2 is 1.93 bits per heavy atom. The van der Waals surface area contributed by atoms with E-state index in [4.69, 9.17) is 24.8 Å². The first-order valence-electron chi connectivity index (χ1n) is 8.85. The standard InChI is InChI=1S/C20H20N4O6/c1-20(2,3)29-19(27)24(30-15-7-5-4-6-13(15)21)16-10-12(8-9-22-16)17-23-14(11-28-17)18(25)26/h4-11H,21H2,1-3H3,(H,25,26). The summed E-state index contributed by atoms with van der Waals surface area (Å²) in [5, 5.41) is 9.87. The van der Waals surface area contributed by atoms with Crippen LogP contribution in [0.2, 0.25) is 0 Å². The summed E-state index contributed by atoms with van der Waals surface area (Å²) in [7, 11) is 0. The number of rotatable bonds is 5. The number of hydrogen-bond acceptors (Lipinski definition) is 8. The second-order valence-corrected chi connectivity index (χ2v) is 7.15.